The van der Waals surface area contributed by atoms with Gasteiger partial charge in [-0.25, -0.2) is 9.36 Å². The van der Waals surface area contributed by atoms with Crippen LogP contribution >= 0.6 is 7.82 Å². The summed E-state index contributed by atoms with van der Waals surface area (Å²) in [4.78, 5) is 12.2. The molecule has 1 fully saturated rings. The Labute approximate surface area is 185 Å². The first-order valence-electron chi connectivity index (χ1n) is 9.72. The molecule has 0 aromatic heterocycles. The lowest BCUT2D eigenvalue weighted by molar-refractivity contribution is -0.307. The van der Waals surface area contributed by atoms with Crippen molar-refractivity contribution < 1.29 is 47.4 Å². The Morgan fingerprint density at radius 3 is 2.03 bits per heavy atom. The lowest BCUT2D eigenvalue weighted by atomic mass is 9.95. The number of phosphoric acid groups is 1. The van der Waals surface area contributed by atoms with Crippen LogP contribution in [0.5, 0.6) is 11.5 Å². The number of aliphatic hydroxyl groups excluding tert-OH is 2. The average Bonchev–Trinajstić information content (AvgIpc) is 2.80. The standard InChI is InChI=1S/C21H25O10P/c1-26-20(24)21(27-2)13-17(22)19(23)18(29-21)14-28-32(25,30-15-9-5-3-6-10-15)31-16-11-7-4-8-12-16/h3-12,17-19,22-23H,13-14H2,1-2H3/t17-,18-,19-,21+/m0/s1. The molecule has 11 heteroatoms. The van der Waals surface area contributed by atoms with Crippen LogP contribution < -0.4 is 9.05 Å². The van der Waals surface area contributed by atoms with Gasteiger partial charge in [-0.1, -0.05) is 36.4 Å². The molecule has 0 amide bonds. The maximum Gasteiger partial charge on any atom is 0.587 e. The second kappa shape index (κ2) is 10.4. The molecule has 0 saturated carbocycles. The average molecular weight is 468 g/mol. The Balaban J connectivity index is 1.80. The summed E-state index contributed by atoms with van der Waals surface area (Å²) in [6.45, 7) is -0.558. The Hall–Kier alpha value is -2.46. The van der Waals surface area contributed by atoms with Gasteiger partial charge in [-0.05, 0) is 24.3 Å². The smallest absolute Gasteiger partial charge is 0.465 e. The number of ether oxygens (including phenoxy) is 3. The largest absolute Gasteiger partial charge is 0.587 e. The quantitative estimate of drug-likeness (QED) is 0.418. The molecule has 4 atom stereocenters. The van der Waals surface area contributed by atoms with Crippen molar-refractivity contribution in [2.75, 3.05) is 20.8 Å². The highest BCUT2D eigenvalue weighted by Crippen LogP contribution is 2.50. The summed E-state index contributed by atoms with van der Waals surface area (Å²) in [5.74, 6) is -2.43. The van der Waals surface area contributed by atoms with Crippen LogP contribution in [0.2, 0.25) is 0 Å². The minimum atomic E-state index is -4.29. The Kier molecular flexibility index (Phi) is 7.89. The number of carbonyl (C=O) groups is 1. The van der Waals surface area contributed by atoms with Crippen LogP contribution in [0.1, 0.15) is 6.42 Å². The van der Waals surface area contributed by atoms with Crippen molar-refractivity contribution in [3.8, 4) is 11.5 Å². The second-order valence-corrected chi connectivity index (χ2v) is 8.44. The first-order chi connectivity index (χ1) is 15.3. The molecule has 2 aromatic rings. The predicted octanol–water partition coefficient (Wildman–Crippen LogP) is 2.30. The zero-order valence-electron chi connectivity index (χ0n) is 17.5. The highest BCUT2D eigenvalue weighted by atomic mass is 31.2. The SMILES string of the molecule is COC(=O)[C@@]1(OC)C[C@H](O)[C@H](O)[C@H](COP(=O)(Oc2ccccc2)Oc2ccccc2)O1. The maximum absolute atomic E-state index is 13.4. The first kappa shape index (κ1) is 24.2. The maximum atomic E-state index is 13.4. The van der Waals surface area contributed by atoms with E-state index in [-0.39, 0.29) is 17.9 Å². The predicted molar refractivity (Wildman–Crippen MR) is 111 cm³/mol. The van der Waals surface area contributed by atoms with Crippen molar-refractivity contribution in [2.24, 2.45) is 0 Å². The van der Waals surface area contributed by atoms with Gasteiger partial charge >= 0.3 is 13.8 Å². The van der Waals surface area contributed by atoms with Crippen molar-refractivity contribution in [3.63, 3.8) is 0 Å². The molecule has 0 radical (unpaired) electrons. The highest BCUT2D eigenvalue weighted by Gasteiger charge is 2.53. The zero-order chi connectivity index (χ0) is 23.2. The van der Waals surface area contributed by atoms with Crippen molar-refractivity contribution >= 4 is 13.8 Å². The fourth-order valence-corrected chi connectivity index (χ4v) is 4.33. The van der Waals surface area contributed by atoms with Crippen molar-refractivity contribution in [1.29, 1.82) is 0 Å². The molecule has 2 N–H and O–H groups in total. The molecule has 0 bridgehead atoms. The van der Waals surface area contributed by atoms with E-state index in [9.17, 15) is 19.6 Å². The summed E-state index contributed by atoms with van der Waals surface area (Å²) in [5.41, 5.74) is 0. The first-order valence-corrected chi connectivity index (χ1v) is 11.2. The van der Waals surface area contributed by atoms with Crippen molar-refractivity contribution in [3.05, 3.63) is 60.7 Å². The summed E-state index contributed by atoms with van der Waals surface area (Å²) >= 11 is 0. The van der Waals surface area contributed by atoms with Gasteiger partial charge in [-0.2, -0.15) is 0 Å². The van der Waals surface area contributed by atoms with Crippen LogP contribution in [-0.4, -0.2) is 61.1 Å². The van der Waals surface area contributed by atoms with E-state index in [2.05, 4.69) is 0 Å². The van der Waals surface area contributed by atoms with Crippen LogP contribution in [0.4, 0.5) is 0 Å². The number of para-hydroxylation sites is 2. The molecule has 0 aliphatic carbocycles. The van der Waals surface area contributed by atoms with Gasteiger partial charge in [0.05, 0.1) is 19.8 Å². The lowest BCUT2D eigenvalue weighted by Gasteiger charge is -2.42. The van der Waals surface area contributed by atoms with Crippen LogP contribution in [0.15, 0.2) is 60.7 Å². The van der Waals surface area contributed by atoms with E-state index in [4.69, 9.17) is 27.8 Å². The number of rotatable bonds is 9. The van der Waals surface area contributed by atoms with Crippen molar-refractivity contribution in [1.82, 2.24) is 0 Å². The zero-order valence-corrected chi connectivity index (χ0v) is 18.4. The number of aliphatic hydroxyl groups is 2. The molecule has 1 aliphatic heterocycles. The fourth-order valence-electron chi connectivity index (χ4n) is 3.10. The molecule has 10 nitrogen and oxygen atoms in total. The fraction of sp³-hybridized carbons (Fsp3) is 0.381. The van der Waals surface area contributed by atoms with E-state index in [1.54, 1.807) is 60.7 Å². The molecule has 174 valence electrons. The van der Waals surface area contributed by atoms with Gasteiger partial charge in [-0.3, -0.25) is 4.52 Å². The van der Waals surface area contributed by atoms with Gasteiger partial charge in [0, 0.05) is 13.5 Å². The highest BCUT2D eigenvalue weighted by molar-refractivity contribution is 7.49. The summed E-state index contributed by atoms with van der Waals surface area (Å²) < 4.78 is 45.3. The van der Waals surface area contributed by atoms with E-state index < -0.39 is 44.5 Å². The monoisotopic (exact) mass is 468 g/mol. The minimum Gasteiger partial charge on any atom is -0.465 e. The topological polar surface area (TPSA) is 130 Å². The summed E-state index contributed by atoms with van der Waals surface area (Å²) in [7, 11) is -1.96. The number of methoxy groups -OCH3 is 2. The summed E-state index contributed by atoms with van der Waals surface area (Å²) in [5, 5.41) is 20.6. The van der Waals surface area contributed by atoms with Gasteiger partial charge < -0.3 is 33.5 Å². The Bertz CT molecular complexity index is 879. The van der Waals surface area contributed by atoms with Gasteiger partial charge in [-0.15, -0.1) is 0 Å². The van der Waals surface area contributed by atoms with Crippen molar-refractivity contribution in [2.45, 2.75) is 30.5 Å². The van der Waals surface area contributed by atoms with Crippen LogP contribution in [0.3, 0.4) is 0 Å². The van der Waals surface area contributed by atoms with E-state index >= 15 is 0 Å². The molecule has 1 saturated heterocycles. The summed E-state index contributed by atoms with van der Waals surface area (Å²) in [6, 6.07) is 16.5. The number of benzene rings is 2. The van der Waals surface area contributed by atoms with E-state index in [0.29, 0.717) is 0 Å². The van der Waals surface area contributed by atoms with E-state index in [1.165, 1.54) is 7.11 Å². The number of esters is 1. The van der Waals surface area contributed by atoms with Gasteiger partial charge in [0.25, 0.3) is 5.79 Å². The summed E-state index contributed by atoms with van der Waals surface area (Å²) in [6.07, 6.45) is -4.55. The van der Waals surface area contributed by atoms with E-state index in [1.807, 2.05) is 0 Å². The third-order valence-electron chi connectivity index (χ3n) is 4.74. The molecule has 1 aliphatic rings. The number of hydrogen-bond acceptors (Lipinski definition) is 10. The third-order valence-corrected chi connectivity index (χ3v) is 6.07. The Morgan fingerprint density at radius 2 is 1.56 bits per heavy atom. The van der Waals surface area contributed by atoms with E-state index in [0.717, 1.165) is 7.11 Å². The number of phosphoric ester groups is 1. The normalized spacial score (nSPS) is 25.7. The van der Waals surface area contributed by atoms with Gasteiger partial charge in [0.1, 0.15) is 23.7 Å². The van der Waals surface area contributed by atoms with Crippen LogP contribution in [0.25, 0.3) is 0 Å². The second-order valence-electron chi connectivity index (χ2n) is 6.92. The molecule has 1 heterocycles. The molecule has 32 heavy (non-hydrogen) atoms. The van der Waals surface area contributed by atoms with Gasteiger partial charge in [0.2, 0.25) is 0 Å². The number of hydrogen-bond donors (Lipinski definition) is 2. The van der Waals surface area contributed by atoms with Crippen LogP contribution in [-0.2, 0) is 28.1 Å². The number of carbonyl (C=O) groups excluding carboxylic acids is 1. The van der Waals surface area contributed by atoms with Gasteiger partial charge in [0.15, 0.2) is 0 Å². The van der Waals surface area contributed by atoms with Crippen LogP contribution in [0, 0.1) is 0 Å². The Morgan fingerprint density at radius 1 is 1.03 bits per heavy atom. The molecule has 0 spiro atoms. The molecular weight excluding hydrogens is 443 g/mol. The molecule has 2 aromatic carbocycles. The molecule has 0 unspecified atom stereocenters. The molecule has 3 rings (SSSR count). The minimum absolute atomic E-state index is 0.220. The third kappa shape index (κ3) is 5.66. The molecular formula is C21H25O10P. The lowest BCUT2D eigenvalue weighted by Crippen LogP contribution is -2.60.